The summed E-state index contributed by atoms with van der Waals surface area (Å²) in [5.41, 5.74) is 0. The fourth-order valence-electron chi connectivity index (χ4n) is 1.56. The minimum absolute atomic E-state index is 0.359. The SMILES string of the molecule is OCC1CCN(CCCS)C1. The van der Waals surface area contributed by atoms with E-state index in [-0.39, 0.29) is 0 Å². The highest BCUT2D eigenvalue weighted by Crippen LogP contribution is 2.15. The molecule has 1 saturated heterocycles. The molecule has 1 rings (SSSR count). The Bertz CT molecular complexity index is 110. The summed E-state index contributed by atoms with van der Waals surface area (Å²) in [5.74, 6) is 1.51. The van der Waals surface area contributed by atoms with Crippen LogP contribution in [0.1, 0.15) is 12.8 Å². The van der Waals surface area contributed by atoms with Gasteiger partial charge in [-0.2, -0.15) is 12.6 Å². The minimum Gasteiger partial charge on any atom is -0.396 e. The molecule has 1 aliphatic heterocycles. The molecule has 1 fully saturated rings. The van der Waals surface area contributed by atoms with Crippen LogP contribution in [0, 0.1) is 5.92 Å². The highest BCUT2D eigenvalue weighted by molar-refractivity contribution is 7.80. The van der Waals surface area contributed by atoms with E-state index in [1.807, 2.05) is 0 Å². The van der Waals surface area contributed by atoms with Crippen LogP contribution in [0.15, 0.2) is 0 Å². The number of nitrogens with zero attached hydrogens (tertiary/aromatic N) is 1. The smallest absolute Gasteiger partial charge is 0.0471 e. The Morgan fingerprint density at radius 2 is 2.36 bits per heavy atom. The van der Waals surface area contributed by atoms with E-state index in [2.05, 4.69) is 17.5 Å². The van der Waals surface area contributed by atoms with E-state index in [4.69, 9.17) is 5.11 Å². The molecule has 0 aromatic carbocycles. The first-order chi connectivity index (χ1) is 5.36. The van der Waals surface area contributed by atoms with Crippen molar-refractivity contribution in [1.29, 1.82) is 0 Å². The third kappa shape index (κ3) is 3.01. The first-order valence-corrected chi connectivity index (χ1v) is 4.94. The maximum Gasteiger partial charge on any atom is 0.0471 e. The molecule has 66 valence electrons. The Hall–Kier alpha value is 0.270. The molecule has 2 nitrogen and oxygen atoms in total. The largest absolute Gasteiger partial charge is 0.396 e. The molecule has 1 unspecified atom stereocenters. The zero-order valence-electron chi connectivity index (χ0n) is 6.87. The molecule has 1 N–H and O–H groups in total. The molecular weight excluding hydrogens is 158 g/mol. The summed E-state index contributed by atoms with van der Waals surface area (Å²) < 4.78 is 0. The third-order valence-electron chi connectivity index (χ3n) is 2.26. The number of hydrogen-bond acceptors (Lipinski definition) is 3. The molecular formula is C8H17NOS. The second-order valence-electron chi connectivity index (χ2n) is 3.22. The molecule has 3 heteroatoms. The van der Waals surface area contributed by atoms with Crippen molar-refractivity contribution in [2.45, 2.75) is 12.8 Å². The van der Waals surface area contributed by atoms with E-state index in [1.54, 1.807) is 0 Å². The van der Waals surface area contributed by atoms with Crippen molar-refractivity contribution >= 4 is 12.6 Å². The number of likely N-dealkylation sites (tertiary alicyclic amines) is 1. The minimum atomic E-state index is 0.359. The zero-order valence-corrected chi connectivity index (χ0v) is 7.76. The van der Waals surface area contributed by atoms with E-state index >= 15 is 0 Å². The maximum absolute atomic E-state index is 8.87. The first kappa shape index (κ1) is 9.36. The van der Waals surface area contributed by atoms with Gasteiger partial charge in [-0.15, -0.1) is 0 Å². The second-order valence-corrected chi connectivity index (χ2v) is 3.66. The Morgan fingerprint density at radius 3 is 2.91 bits per heavy atom. The molecule has 0 bridgehead atoms. The van der Waals surface area contributed by atoms with E-state index in [0.717, 1.165) is 18.8 Å². The van der Waals surface area contributed by atoms with Gasteiger partial charge in [0.2, 0.25) is 0 Å². The summed E-state index contributed by atoms with van der Waals surface area (Å²) >= 11 is 4.16. The van der Waals surface area contributed by atoms with Crippen molar-refractivity contribution in [2.24, 2.45) is 5.92 Å². The molecule has 0 aliphatic carbocycles. The molecule has 0 aromatic heterocycles. The van der Waals surface area contributed by atoms with Gasteiger partial charge in [0, 0.05) is 13.2 Å². The normalized spacial score (nSPS) is 26.2. The van der Waals surface area contributed by atoms with Crippen LogP contribution in [0.3, 0.4) is 0 Å². The predicted molar refractivity (Wildman–Crippen MR) is 50.1 cm³/mol. The zero-order chi connectivity index (χ0) is 8.10. The van der Waals surface area contributed by atoms with Crippen molar-refractivity contribution in [3.8, 4) is 0 Å². The van der Waals surface area contributed by atoms with Crippen LogP contribution in [0.25, 0.3) is 0 Å². The number of rotatable bonds is 4. The number of thiol groups is 1. The van der Waals surface area contributed by atoms with Gasteiger partial charge in [-0.05, 0) is 37.6 Å². The lowest BCUT2D eigenvalue weighted by Gasteiger charge is -2.13. The lowest BCUT2D eigenvalue weighted by atomic mass is 10.1. The van der Waals surface area contributed by atoms with Crippen molar-refractivity contribution in [3.63, 3.8) is 0 Å². The number of aliphatic hydroxyl groups is 1. The summed E-state index contributed by atoms with van der Waals surface area (Å²) in [5, 5.41) is 8.87. The van der Waals surface area contributed by atoms with Crippen LogP contribution in [0.2, 0.25) is 0 Å². The summed E-state index contributed by atoms with van der Waals surface area (Å²) in [6, 6.07) is 0. The molecule has 0 radical (unpaired) electrons. The van der Waals surface area contributed by atoms with Crippen molar-refractivity contribution in [2.75, 3.05) is 32.0 Å². The van der Waals surface area contributed by atoms with Crippen molar-refractivity contribution in [1.82, 2.24) is 4.90 Å². The van der Waals surface area contributed by atoms with Crippen LogP contribution in [0.5, 0.6) is 0 Å². The standard InChI is InChI=1S/C8H17NOS/c10-7-8-2-4-9(6-8)3-1-5-11/h8,10-11H,1-7H2. The van der Waals surface area contributed by atoms with Gasteiger partial charge in [0.05, 0.1) is 0 Å². The highest BCUT2D eigenvalue weighted by Gasteiger charge is 2.20. The van der Waals surface area contributed by atoms with Crippen LogP contribution in [-0.2, 0) is 0 Å². The van der Waals surface area contributed by atoms with Crippen LogP contribution in [0.4, 0.5) is 0 Å². The first-order valence-electron chi connectivity index (χ1n) is 4.31. The Kier molecular flexibility index (Phi) is 4.26. The Balaban J connectivity index is 2.09. The second kappa shape index (κ2) is 5.01. The average molecular weight is 175 g/mol. The Labute approximate surface area is 74.0 Å². The van der Waals surface area contributed by atoms with Gasteiger partial charge in [-0.1, -0.05) is 0 Å². The molecule has 11 heavy (non-hydrogen) atoms. The third-order valence-corrected chi connectivity index (χ3v) is 2.58. The molecule has 0 aromatic rings. The van der Waals surface area contributed by atoms with E-state index in [0.29, 0.717) is 12.5 Å². The molecule has 0 amide bonds. The molecule has 1 heterocycles. The van der Waals surface area contributed by atoms with Gasteiger partial charge in [0.25, 0.3) is 0 Å². The lowest BCUT2D eigenvalue weighted by molar-refractivity contribution is 0.222. The van der Waals surface area contributed by atoms with Gasteiger partial charge in [-0.3, -0.25) is 0 Å². The highest BCUT2D eigenvalue weighted by atomic mass is 32.1. The molecule has 0 saturated carbocycles. The van der Waals surface area contributed by atoms with E-state index in [9.17, 15) is 0 Å². The molecule has 1 aliphatic rings. The quantitative estimate of drug-likeness (QED) is 0.612. The summed E-state index contributed by atoms with van der Waals surface area (Å²) in [7, 11) is 0. The van der Waals surface area contributed by atoms with Gasteiger partial charge in [0.15, 0.2) is 0 Å². The van der Waals surface area contributed by atoms with E-state index < -0.39 is 0 Å². The van der Waals surface area contributed by atoms with Crippen LogP contribution < -0.4 is 0 Å². The van der Waals surface area contributed by atoms with Crippen molar-refractivity contribution < 1.29 is 5.11 Å². The van der Waals surface area contributed by atoms with Gasteiger partial charge >= 0.3 is 0 Å². The fourth-order valence-corrected chi connectivity index (χ4v) is 1.70. The Morgan fingerprint density at radius 1 is 1.55 bits per heavy atom. The van der Waals surface area contributed by atoms with Gasteiger partial charge in [0.1, 0.15) is 0 Å². The fraction of sp³-hybridized carbons (Fsp3) is 1.00. The predicted octanol–water partition coefficient (Wildman–Crippen LogP) is 0.621. The van der Waals surface area contributed by atoms with Crippen LogP contribution >= 0.6 is 12.6 Å². The molecule has 1 atom stereocenters. The summed E-state index contributed by atoms with van der Waals surface area (Å²) in [6.45, 7) is 3.76. The number of hydrogen-bond donors (Lipinski definition) is 2. The topological polar surface area (TPSA) is 23.5 Å². The monoisotopic (exact) mass is 175 g/mol. The van der Waals surface area contributed by atoms with E-state index in [1.165, 1.54) is 19.4 Å². The maximum atomic E-state index is 8.87. The summed E-state index contributed by atoms with van der Waals surface area (Å²) in [6.07, 6.45) is 2.34. The molecule has 0 spiro atoms. The number of aliphatic hydroxyl groups excluding tert-OH is 1. The van der Waals surface area contributed by atoms with Crippen LogP contribution in [-0.4, -0.2) is 42.0 Å². The lowest BCUT2D eigenvalue weighted by Crippen LogP contribution is -2.22. The summed E-state index contributed by atoms with van der Waals surface area (Å²) in [4.78, 5) is 2.41. The van der Waals surface area contributed by atoms with Gasteiger partial charge < -0.3 is 10.0 Å². The van der Waals surface area contributed by atoms with Crippen molar-refractivity contribution in [3.05, 3.63) is 0 Å². The van der Waals surface area contributed by atoms with Gasteiger partial charge in [-0.25, -0.2) is 0 Å². The average Bonchev–Trinajstić information content (AvgIpc) is 2.48.